The molecule has 0 atom stereocenters. The normalized spacial score (nSPS) is 10.7. The van der Waals surface area contributed by atoms with Gasteiger partial charge in [-0.25, -0.2) is 0 Å². The monoisotopic (exact) mass is 269 g/mol. The van der Waals surface area contributed by atoms with Crippen molar-refractivity contribution in [1.82, 2.24) is 9.80 Å². The first-order valence-electron chi connectivity index (χ1n) is 5.91. The zero-order valence-corrected chi connectivity index (χ0v) is 11.9. The van der Waals surface area contributed by atoms with Gasteiger partial charge in [-0.05, 0) is 18.7 Å². The summed E-state index contributed by atoms with van der Waals surface area (Å²) >= 11 is 6.13. The number of rotatable bonds is 5. The molecule has 0 unspecified atom stereocenters. The number of amides is 1. The topological polar surface area (TPSA) is 49.6 Å². The summed E-state index contributed by atoms with van der Waals surface area (Å²) in [5.41, 5.74) is 7.46. The third-order valence-electron chi connectivity index (χ3n) is 2.84. The second kappa shape index (κ2) is 6.61. The Morgan fingerprint density at radius 1 is 1.39 bits per heavy atom. The van der Waals surface area contributed by atoms with E-state index >= 15 is 0 Å². The van der Waals surface area contributed by atoms with Crippen LogP contribution in [0.15, 0.2) is 18.2 Å². The molecular weight excluding hydrogens is 250 g/mol. The van der Waals surface area contributed by atoms with Gasteiger partial charge in [0.25, 0.3) is 0 Å². The maximum absolute atomic E-state index is 11.7. The minimum atomic E-state index is 0.0717. The highest BCUT2D eigenvalue weighted by Crippen LogP contribution is 2.23. The highest BCUT2D eigenvalue weighted by Gasteiger charge is 2.14. The predicted octanol–water partition coefficient (Wildman–Crippen LogP) is 1.83. The average Bonchev–Trinajstić information content (AvgIpc) is 2.32. The molecule has 4 nitrogen and oxygen atoms in total. The van der Waals surface area contributed by atoms with Crippen LogP contribution in [0.3, 0.4) is 0 Å². The van der Waals surface area contributed by atoms with Gasteiger partial charge in [-0.3, -0.25) is 9.69 Å². The SMILES string of the molecule is CCN(CC(=O)N(C)C)Cc1c(N)cccc1Cl. The number of nitrogens with zero attached hydrogens (tertiary/aromatic N) is 2. The molecule has 1 aromatic carbocycles. The summed E-state index contributed by atoms with van der Waals surface area (Å²) in [4.78, 5) is 15.3. The molecule has 18 heavy (non-hydrogen) atoms. The van der Waals surface area contributed by atoms with Crippen LogP contribution in [0.1, 0.15) is 12.5 Å². The van der Waals surface area contributed by atoms with E-state index in [9.17, 15) is 4.79 Å². The maximum Gasteiger partial charge on any atom is 0.236 e. The Kier molecular flexibility index (Phi) is 5.44. The molecule has 0 spiro atoms. The Morgan fingerprint density at radius 3 is 2.56 bits per heavy atom. The molecule has 1 aromatic rings. The van der Waals surface area contributed by atoms with Crippen LogP contribution >= 0.6 is 11.6 Å². The van der Waals surface area contributed by atoms with Crippen LogP contribution < -0.4 is 5.73 Å². The summed E-state index contributed by atoms with van der Waals surface area (Å²) in [5.74, 6) is 0.0717. The lowest BCUT2D eigenvalue weighted by Gasteiger charge is -2.23. The van der Waals surface area contributed by atoms with Crippen LogP contribution in [0, 0.1) is 0 Å². The molecular formula is C13H20ClN3O. The van der Waals surface area contributed by atoms with E-state index in [-0.39, 0.29) is 5.91 Å². The molecule has 0 saturated heterocycles. The van der Waals surface area contributed by atoms with Gasteiger partial charge < -0.3 is 10.6 Å². The number of halogens is 1. The number of carbonyl (C=O) groups is 1. The highest BCUT2D eigenvalue weighted by molar-refractivity contribution is 6.31. The summed E-state index contributed by atoms with van der Waals surface area (Å²) in [6.07, 6.45) is 0. The fourth-order valence-electron chi connectivity index (χ4n) is 1.58. The summed E-state index contributed by atoms with van der Waals surface area (Å²) in [6, 6.07) is 5.46. The van der Waals surface area contributed by atoms with Crippen LogP contribution in [0.2, 0.25) is 5.02 Å². The summed E-state index contributed by atoms with van der Waals surface area (Å²) in [5, 5.41) is 0.644. The van der Waals surface area contributed by atoms with Gasteiger partial charge in [0.15, 0.2) is 0 Å². The van der Waals surface area contributed by atoms with Crippen molar-refractivity contribution in [3.63, 3.8) is 0 Å². The van der Waals surface area contributed by atoms with E-state index in [1.165, 1.54) is 0 Å². The van der Waals surface area contributed by atoms with E-state index < -0.39 is 0 Å². The molecule has 0 radical (unpaired) electrons. The summed E-state index contributed by atoms with van der Waals surface area (Å²) in [7, 11) is 3.50. The Bertz CT molecular complexity index is 400. The third kappa shape index (κ3) is 3.89. The first kappa shape index (κ1) is 14.8. The van der Waals surface area contributed by atoms with Crippen LogP contribution in [0.25, 0.3) is 0 Å². The second-order valence-electron chi connectivity index (χ2n) is 4.40. The van der Waals surface area contributed by atoms with Crippen LogP contribution in [0.5, 0.6) is 0 Å². The molecule has 100 valence electrons. The molecule has 5 heteroatoms. The molecule has 0 saturated carbocycles. The lowest BCUT2D eigenvalue weighted by atomic mass is 10.1. The standard InChI is InChI=1S/C13H20ClN3O/c1-4-17(9-13(18)16(2)3)8-10-11(14)6-5-7-12(10)15/h5-7H,4,8-9,15H2,1-3H3. The number of benzene rings is 1. The Morgan fingerprint density at radius 2 is 2.06 bits per heavy atom. The fourth-order valence-corrected chi connectivity index (χ4v) is 1.82. The lowest BCUT2D eigenvalue weighted by molar-refractivity contribution is -0.130. The van der Waals surface area contributed by atoms with Crippen molar-refractivity contribution in [2.75, 3.05) is 32.9 Å². The van der Waals surface area contributed by atoms with E-state index in [4.69, 9.17) is 17.3 Å². The van der Waals surface area contributed by atoms with Gasteiger partial charge in [-0.1, -0.05) is 24.6 Å². The Hall–Kier alpha value is -1.26. The van der Waals surface area contributed by atoms with Crippen molar-refractivity contribution in [2.24, 2.45) is 0 Å². The van der Waals surface area contributed by atoms with Gasteiger partial charge in [0.1, 0.15) is 0 Å². The van der Waals surface area contributed by atoms with E-state index in [2.05, 4.69) is 0 Å². The molecule has 0 heterocycles. The van der Waals surface area contributed by atoms with E-state index in [0.29, 0.717) is 23.8 Å². The fraction of sp³-hybridized carbons (Fsp3) is 0.462. The molecule has 0 aliphatic carbocycles. The third-order valence-corrected chi connectivity index (χ3v) is 3.20. The molecule has 0 aromatic heterocycles. The van der Waals surface area contributed by atoms with Crippen molar-refractivity contribution >= 4 is 23.2 Å². The first-order valence-corrected chi connectivity index (χ1v) is 6.28. The molecule has 1 rings (SSSR count). The number of anilines is 1. The first-order chi connectivity index (χ1) is 8.45. The Labute approximate surface area is 113 Å². The van der Waals surface area contributed by atoms with Gasteiger partial charge in [0.05, 0.1) is 6.54 Å². The number of nitrogen functional groups attached to an aromatic ring is 1. The number of hydrogen-bond donors (Lipinski definition) is 1. The zero-order valence-electron chi connectivity index (χ0n) is 11.1. The molecule has 2 N–H and O–H groups in total. The Balaban J connectivity index is 2.77. The van der Waals surface area contributed by atoms with E-state index in [0.717, 1.165) is 12.1 Å². The number of likely N-dealkylation sites (N-methyl/N-ethyl adjacent to an activating group) is 2. The van der Waals surface area contributed by atoms with Crippen molar-refractivity contribution in [3.8, 4) is 0 Å². The van der Waals surface area contributed by atoms with E-state index in [1.54, 1.807) is 19.0 Å². The van der Waals surface area contributed by atoms with E-state index in [1.807, 2.05) is 30.0 Å². The molecule has 1 amide bonds. The predicted molar refractivity (Wildman–Crippen MR) is 75.5 cm³/mol. The van der Waals surface area contributed by atoms with Gasteiger partial charge in [-0.15, -0.1) is 0 Å². The number of carbonyl (C=O) groups excluding carboxylic acids is 1. The molecule has 0 aliphatic heterocycles. The second-order valence-corrected chi connectivity index (χ2v) is 4.81. The quantitative estimate of drug-likeness (QED) is 0.830. The van der Waals surface area contributed by atoms with Gasteiger partial charge in [0, 0.05) is 36.9 Å². The largest absolute Gasteiger partial charge is 0.398 e. The molecule has 0 aliphatic rings. The molecule has 0 bridgehead atoms. The van der Waals surface area contributed by atoms with Crippen molar-refractivity contribution in [2.45, 2.75) is 13.5 Å². The highest BCUT2D eigenvalue weighted by atomic mass is 35.5. The average molecular weight is 270 g/mol. The van der Waals surface area contributed by atoms with Crippen LogP contribution in [-0.2, 0) is 11.3 Å². The zero-order chi connectivity index (χ0) is 13.7. The lowest BCUT2D eigenvalue weighted by Crippen LogP contribution is -2.36. The minimum absolute atomic E-state index is 0.0717. The summed E-state index contributed by atoms with van der Waals surface area (Å²) in [6.45, 7) is 3.73. The van der Waals surface area contributed by atoms with Crippen molar-refractivity contribution in [1.29, 1.82) is 0 Å². The van der Waals surface area contributed by atoms with Crippen LogP contribution in [-0.4, -0.2) is 42.9 Å². The summed E-state index contributed by atoms with van der Waals surface area (Å²) < 4.78 is 0. The number of hydrogen-bond acceptors (Lipinski definition) is 3. The van der Waals surface area contributed by atoms with Crippen LogP contribution in [0.4, 0.5) is 5.69 Å². The van der Waals surface area contributed by atoms with Crippen molar-refractivity contribution in [3.05, 3.63) is 28.8 Å². The maximum atomic E-state index is 11.7. The van der Waals surface area contributed by atoms with Gasteiger partial charge in [0.2, 0.25) is 5.91 Å². The van der Waals surface area contributed by atoms with Crippen molar-refractivity contribution < 1.29 is 4.79 Å². The van der Waals surface area contributed by atoms with Gasteiger partial charge in [-0.2, -0.15) is 0 Å². The van der Waals surface area contributed by atoms with Gasteiger partial charge >= 0.3 is 0 Å². The minimum Gasteiger partial charge on any atom is -0.398 e. The number of nitrogens with two attached hydrogens (primary N) is 1. The smallest absolute Gasteiger partial charge is 0.236 e. The molecule has 0 fully saturated rings.